The third-order valence-corrected chi connectivity index (χ3v) is 6.61. The molecule has 188 valence electrons. The van der Waals surface area contributed by atoms with E-state index in [0.717, 1.165) is 18.4 Å². The van der Waals surface area contributed by atoms with Gasteiger partial charge in [0.05, 0.1) is 12.7 Å². The van der Waals surface area contributed by atoms with E-state index in [4.69, 9.17) is 14.5 Å². The Hall–Kier alpha value is -3.03. The van der Waals surface area contributed by atoms with Gasteiger partial charge in [0.2, 0.25) is 5.82 Å². The second-order valence-corrected chi connectivity index (χ2v) is 9.04. The predicted molar refractivity (Wildman–Crippen MR) is 138 cm³/mol. The van der Waals surface area contributed by atoms with Gasteiger partial charge < -0.3 is 14.5 Å². The summed E-state index contributed by atoms with van der Waals surface area (Å²) in [5.41, 5.74) is 2.63. The molecule has 0 aromatic heterocycles. The van der Waals surface area contributed by atoms with Crippen LogP contribution in [-0.4, -0.2) is 25.7 Å². The predicted octanol–water partition coefficient (Wildman–Crippen LogP) is 7.01. The van der Waals surface area contributed by atoms with E-state index < -0.39 is 11.6 Å². The van der Waals surface area contributed by atoms with E-state index in [9.17, 15) is 13.2 Å². The van der Waals surface area contributed by atoms with Gasteiger partial charge in [-0.05, 0) is 73.3 Å². The fraction of sp³-hybridized carbons (Fsp3) is 0.310. The van der Waals surface area contributed by atoms with E-state index in [1.807, 2.05) is 25.1 Å². The van der Waals surface area contributed by atoms with Crippen LogP contribution in [0.15, 0.2) is 66.7 Å². The van der Waals surface area contributed by atoms with Crippen molar-refractivity contribution in [3.8, 4) is 28.0 Å². The SMILES string of the molecule is C/C=C\CCOc1ccc(-c2ccc(-c3ccc(C4CCC(CBO)CO4)c(F)c3)cc2)c(F)c1F. The molecule has 3 nitrogen and oxygen atoms in total. The van der Waals surface area contributed by atoms with Crippen LogP contribution in [0.3, 0.4) is 0 Å². The lowest BCUT2D eigenvalue weighted by Gasteiger charge is -2.29. The molecule has 36 heavy (non-hydrogen) atoms. The van der Waals surface area contributed by atoms with Crippen molar-refractivity contribution in [2.45, 2.75) is 38.6 Å². The van der Waals surface area contributed by atoms with Crippen LogP contribution in [0.4, 0.5) is 13.2 Å². The number of allylic oxidation sites excluding steroid dienone is 1. The minimum atomic E-state index is -1.01. The number of ether oxygens (including phenoxy) is 2. The Balaban J connectivity index is 1.46. The van der Waals surface area contributed by atoms with Crippen LogP contribution in [0, 0.1) is 23.4 Å². The monoisotopic (exact) mass is 494 g/mol. The summed E-state index contributed by atoms with van der Waals surface area (Å²) < 4.78 is 55.4. The highest BCUT2D eigenvalue weighted by Crippen LogP contribution is 2.35. The zero-order chi connectivity index (χ0) is 25.5. The summed E-state index contributed by atoms with van der Waals surface area (Å²) in [6.45, 7) is 2.67. The maximum absolute atomic E-state index is 14.9. The third-order valence-electron chi connectivity index (χ3n) is 6.61. The summed E-state index contributed by atoms with van der Waals surface area (Å²) in [7, 11) is 0.138. The second-order valence-electron chi connectivity index (χ2n) is 9.04. The zero-order valence-corrected chi connectivity index (χ0v) is 20.4. The van der Waals surface area contributed by atoms with Gasteiger partial charge in [0.25, 0.3) is 7.48 Å². The summed E-state index contributed by atoms with van der Waals surface area (Å²) in [6.07, 6.45) is 6.41. The molecular weight excluding hydrogens is 464 g/mol. The van der Waals surface area contributed by atoms with Gasteiger partial charge in [-0.25, -0.2) is 8.78 Å². The van der Waals surface area contributed by atoms with Crippen LogP contribution < -0.4 is 4.74 Å². The van der Waals surface area contributed by atoms with E-state index in [1.165, 1.54) is 18.2 Å². The first kappa shape index (κ1) is 26.0. The quantitative estimate of drug-likeness (QED) is 0.198. The first-order valence-corrected chi connectivity index (χ1v) is 12.4. The molecule has 3 aromatic rings. The van der Waals surface area contributed by atoms with E-state index >= 15 is 0 Å². The number of rotatable bonds is 9. The van der Waals surface area contributed by atoms with Crippen LogP contribution in [0.1, 0.15) is 37.9 Å². The summed E-state index contributed by atoms with van der Waals surface area (Å²) in [5, 5.41) is 9.09. The third kappa shape index (κ3) is 6.02. The largest absolute Gasteiger partial charge is 0.490 e. The molecule has 2 unspecified atom stereocenters. The fourth-order valence-electron chi connectivity index (χ4n) is 4.54. The van der Waals surface area contributed by atoms with Gasteiger partial charge >= 0.3 is 0 Å². The standard InChI is InChI=1S/C29H30BF3O3/c1-2-3-4-15-35-27-14-12-23(28(32)29(27)33)21-8-6-20(7-9-21)22-10-11-24(25(31)16-22)26-13-5-19(17-30-34)18-36-26/h2-3,6-12,14,16,19,26,30,34H,4-5,13,15,17-18H2,1H3/b3-2-. The number of hydrogen-bond acceptors (Lipinski definition) is 3. The Morgan fingerprint density at radius 3 is 2.39 bits per heavy atom. The normalized spacial score (nSPS) is 17.9. The van der Waals surface area contributed by atoms with Crippen molar-refractivity contribution in [2.24, 2.45) is 5.92 Å². The van der Waals surface area contributed by atoms with Crippen molar-refractivity contribution in [1.29, 1.82) is 0 Å². The van der Waals surface area contributed by atoms with Crippen LogP contribution in [0.2, 0.25) is 6.32 Å². The lowest BCUT2D eigenvalue weighted by atomic mass is 9.81. The van der Waals surface area contributed by atoms with Crippen LogP contribution in [0.5, 0.6) is 5.75 Å². The molecule has 7 heteroatoms. The van der Waals surface area contributed by atoms with Gasteiger partial charge in [-0.3, -0.25) is 0 Å². The smallest absolute Gasteiger partial charge is 0.271 e. The van der Waals surface area contributed by atoms with Gasteiger partial charge in [-0.2, -0.15) is 4.39 Å². The lowest BCUT2D eigenvalue weighted by molar-refractivity contribution is -0.0144. The Kier molecular flexibility index (Phi) is 8.89. The average molecular weight is 494 g/mol. The lowest BCUT2D eigenvalue weighted by Crippen LogP contribution is -2.22. The first-order chi connectivity index (χ1) is 17.5. The van der Waals surface area contributed by atoms with Crippen LogP contribution in [0.25, 0.3) is 22.3 Å². The van der Waals surface area contributed by atoms with Crippen molar-refractivity contribution in [3.05, 3.63) is 89.8 Å². The highest BCUT2D eigenvalue weighted by molar-refractivity contribution is 6.25. The van der Waals surface area contributed by atoms with Gasteiger partial charge in [-0.1, -0.05) is 48.6 Å². The van der Waals surface area contributed by atoms with Crippen molar-refractivity contribution in [3.63, 3.8) is 0 Å². The highest BCUT2D eigenvalue weighted by Gasteiger charge is 2.25. The molecule has 1 saturated heterocycles. The van der Waals surface area contributed by atoms with Crippen LogP contribution in [-0.2, 0) is 4.74 Å². The molecular formula is C29H30BF3O3. The van der Waals surface area contributed by atoms with E-state index in [1.54, 1.807) is 30.3 Å². The molecule has 2 atom stereocenters. The number of benzene rings is 3. The maximum Gasteiger partial charge on any atom is 0.271 e. The number of hydrogen-bond donors (Lipinski definition) is 1. The summed E-state index contributed by atoms with van der Waals surface area (Å²) >= 11 is 0. The molecule has 1 fully saturated rings. The molecule has 1 aliphatic rings. The number of halogens is 3. The molecule has 4 rings (SSSR count). The van der Waals surface area contributed by atoms with Gasteiger partial charge in [0, 0.05) is 17.7 Å². The summed E-state index contributed by atoms with van der Waals surface area (Å²) in [4.78, 5) is 0. The Labute approximate surface area is 210 Å². The minimum Gasteiger partial charge on any atom is -0.490 e. The second kappa shape index (κ2) is 12.3. The van der Waals surface area contributed by atoms with Crippen molar-refractivity contribution < 1.29 is 27.7 Å². The minimum absolute atomic E-state index is 0.112. The van der Waals surface area contributed by atoms with Gasteiger partial charge in [0.1, 0.15) is 5.82 Å². The molecule has 1 heterocycles. The molecule has 0 radical (unpaired) electrons. The van der Waals surface area contributed by atoms with Gasteiger partial charge in [-0.15, -0.1) is 0 Å². The molecule has 1 aliphatic heterocycles. The molecule has 0 aliphatic carbocycles. The molecule has 1 N–H and O–H groups in total. The summed E-state index contributed by atoms with van der Waals surface area (Å²) in [5.74, 6) is -2.10. The topological polar surface area (TPSA) is 38.7 Å². The van der Waals surface area contributed by atoms with Crippen molar-refractivity contribution in [1.82, 2.24) is 0 Å². The Bertz CT molecular complexity index is 1190. The fourth-order valence-corrected chi connectivity index (χ4v) is 4.54. The molecule has 0 amide bonds. The van der Waals surface area contributed by atoms with Gasteiger partial charge in [0.15, 0.2) is 11.6 Å². The van der Waals surface area contributed by atoms with Crippen LogP contribution >= 0.6 is 0 Å². The Morgan fingerprint density at radius 2 is 1.72 bits per heavy atom. The summed E-state index contributed by atoms with van der Waals surface area (Å²) in [6, 6.07) is 14.9. The molecule has 3 aromatic carbocycles. The maximum atomic E-state index is 14.9. The highest BCUT2D eigenvalue weighted by atomic mass is 19.2. The van der Waals surface area contributed by atoms with Crippen molar-refractivity contribution in [2.75, 3.05) is 13.2 Å². The molecule has 0 bridgehead atoms. The first-order valence-electron chi connectivity index (χ1n) is 12.4. The molecule has 0 saturated carbocycles. The van der Waals surface area contributed by atoms with Crippen molar-refractivity contribution >= 4 is 7.48 Å². The average Bonchev–Trinajstić information content (AvgIpc) is 2.90. The Morgan fingerprint density at radius 1 is 0.972 bits per heavy atom. The molecule has 0 spiro atoms. The van der Waals surface area contributed by atoms with E-state index in [2.05, 4.69) is 0 Å². The zero-order valence-electron chi connectivity index (χ0n) is 20.4. The van der Waals surface area contributed by atoms with E-state index in [-0.39, 0.29) is 37.3 Å². The van der Waals surface area contributed by atoms with E-state index in [0.29, 0.717) is 42.0 Å².